The Morgan fingerprint density at radius 1 is 1.40 bits per heavy atom. The maximum atomic E-state index is 12.0. The number of esters is 1. The first kappa shape index (κ1) is 15.4. The summed E-state index contributed by atoms with van der Waals surface area (Å²) in [6, 6.07) is 5.15. The zero-order chi connectivity index (χ0) is 15.1. The van der Waals surface area contributed by atoms with Crippen molar-refractivity contribution in [1.82, 2.24) is 5.32 Å². The van der Waals surface area contributed by atoms with Gasteiger partial charge in [-0.15, -0.1) is 6.58 Å². The van der Waals surface area contributed by atoms with E-state index in [2.05, 4.69) is 16.6 Å². The van der Waals surface area contributed by atoms with Gasteiger partial charge in [0.15, 0.2) is 0 Å². The number of benzene rings is 1. The van der Waals surface area contributed by atoms with Crippen LogP contribution in [0.4, 0.5) is 0 Å². The quantitative estimate of drug-likeness (QED) is 0.588. The Kier molecular flexibility index (Phi) is 5.46. The number of hydrogen-bond donors (Lipinski definition) is 2. The van der Waals surface area contributed by atoms with E-state index in [0.29, 0.717) is 0 Å². The Bertz CT molecular complexity index is 540. The van der Waals surface area contributed by atoms with Crippen molar-refractivity contribution in [2.75, 3.05) is 7.11 Å². The van der Waals surface area contributed by atoms with Gasteiger partial charge in [0.25, 0.3) is 5.91 Å². The molecule has 0 heterocycles. The van der Waals surface area contributed by atoms with Crippen molar-refractivity contribution >= 4 is 17.8 Å². The molecule has 106 valence electrons. The van der Waals surface area contributed by atoms with Crippen LogP contribution in [0.2, 0.25) is 0 Å². The molecule has 1 rings (SSSR count). The lowest BCUT2D eigenvalue weighted by molar-refractivity contribution is -0.119. The normalized spacial score (nSPS) is 11.2. The topological polar surface area (TPSA) is 98.5 Å². The number of carbonyl (C=O) groups is 3. The molecular formula is C14H16N2O4. The van der Waals surface area contributed by atoms with Crippen LogP contribution in [0, 0.1) is 0 Å². The molecule has 1 atom stereocenters. The van der Waals surface area contributed by atoms with Crippen LogP contribution in [0.25, 0.3) is 0 Å². The smallest absolute Gasteiger partial charge is 0.337 e. The zero-order valence-electron chi connectivity index (χ0n) is 11.1. The van der Waals surface area contributed by atoms with Crippen molar-refractivity contribution < 1.29 is 19.1 Å². The van der Waals surface area contributed by atoms with E-state index in [1.807, 2.05) is 0 Å². The summed E-state index contributed by atoms with van der Waals surface area (Å²) in [7, 11) is 1.25. The van der Waals surface area contributed by atoms with Gasteiger partial charge in [-0.05, 0) is 24.6 Å². The third kappa shape index (κ3) is 3.94. The van der Waals surface area contributed by atoms with Crippen molar-refractivity contribution in [3.63, 3.8) is 0 Å². The fraction of sp³-hybridized carbons (Fsp3) is 0.214. The number of amides is 2. The number of nitrogens with one attached hydrogen (secondary N) is 1. The highest BCUT2D eigenvalue weighted by molar-refractivity contribution is 5.99. The summed E-state index contributed by atoms with van der Waals surface area (Å²) in [5, 5.41) is 2.48. The van der Waals surface area contributed by atoms with E-state index in [0.717, 1.165) is 0 Å². The number of carbonyl (C=O) groups excluding carboxylic acids is 3. The molecule has 0 aliphatic carbocycles. The van der Waals surface area contributed by atoms with Gasteiger partial charge in [-0.3, -0.25) is 9.59 Å². The predicted molar refractivity (Wildman–Crippen MR) is 73.0 cm³/mol. The molecule has 0 unspecified atom stereocenters. The van der Waals surface area contributed by atoms with E-state index in [1.54, 1.807) is 6.07 Å². The fourth-order valence-electron chi connectivity index (χ4n) is 1.56. The molecule has 0 aromatic heterocycles. The highest BCUT2D eigenvalue weighted by Crippen LogP contribution is 2.07. The minimum atomic E-state index is -0.832. The first-order chi connectivity index (χ1) is 9.49. The second-order valence-corrected chi connectivity index (χ2v) is 4.03. The molecular weight excluding hydrogens is 260 g/mol. The lowest BCUT2D eigenvalue weighted by Crippen LogP contribution is -2.44. The largest absolute Gasteiger partial charge is 0.465 e. The SMILES string of the molecule is C=CC[C@H](NC(=O)c1cccc(C(=O)OC)c1)C(N)=O. The molecule has 6 nitrogen and oxygen atoms in total. The molecule has 20 heavy (non-hydrogen) atoms. The number of methoxy groups -OCH3 is 1. The first-order valence-electron chi connectivity index (χ1n) is 5.89. The highest BCUT2D eigenvalue weighted by Gasteiger charge is 2.18. The molecule has 0 radical (unpaired) electrons. The Morgan fingerprint density at radius 2 is 2.05 bits per heavy atom. The van der Waals surface area contributed by atoms with E-state index in [1.165, 1.54) is 31.4 Å². The van der Waals surface area contributed by atoms with Crippen LogP contribution in [0.1, 0.15) is 27.1 Å². The summed E-state index contributed by atoms with van der Waals surface area (Å²) in [5.41, 5.74) is 5.66. The number of rotatable bonds is 6. The molecule has 1 aromatic carbocycles. The van der Waals surface area contributed by atoms with Gasteiger partial charge >= 0.3 is 5.97 Å². The Balaban J connectivity index is 2.89. The van der Waals surface area contributed by atoms with Crippen LogP contribution in [-0.2, 0) is 9.53 Å². The second kappa shape index (κ2) is 7.08. The van der Waals surface area contributed by atoms with E-state index in [9.17, 15) is 14.4 Å². The van der Waals surface area contributed by atoms with Crippen LogP contribution in [0.5, 0.6) is 0 Å². The summed E-state index contributed by atoms with van der Waals surface area (Å²) >= 11 is 0. The van der Waals surface area contributed by atoms with Crippen LogP contribution in [0.15, 0.2) is 36.9 Å². The molecule has 0 aliphatic rings. The zero-order valence-corrected chi connectivity index (χ0v) is 11.1. The maximum absolute atomic E-state index is 12.0. The van der Waals surface area contributed by atoms with Crippen LogP contribution >= 0.6 is 0 Å². The first-order valence-corrected chi connectivity index (χ1v) is 5.89. The summed E-state index contributed by atoms with van der Waals surface area (Å²) in [6.07, 6.45) is 1.72. The van der Waals surface area contributed by atoms with Crippen LogP contribution in [0.3, 0.4) is 0 Å². The van der Waals surface area contributed by atoms with E-state index in [-0.39, 0.29) is 17.5 Å². The summed E-state index contributed by atoms with van der Waals surface area (Å²) < 4.78 is 4.57. The van der Waals surface area contributed by atoms with Crippen molar-refractivity contribution in [3.8, 4) is 0 Å². The van der Waals surface area contributed by atoms with Gasteiger partial charge in [-0.25, -0.2) is 4.79 Å². The highest BCUT2D eigenvalue weighted by atomic mass is 16.5. The average molecular weight is 276 g/mol. The molecule has 3 N–H and O–H groups in total. The fourth-order valence-corrected chi connectivity index (χ4v) is 1.56. The Morgan fingerprint density at radius 3 is 2.60 bits per heavy atom. The van der Waals surface area contributed by atoms with Crippen LogP contribution < -0.4 is 11.1 Å². The minimum absolute atomic E-state index is 0.234. The van der Waals surface area contributed by atoms with Gasteiger partial charge in [0, 0.05) is 5.56 Å². The maximum Gasteiger partial charge on any atom is 0.337 e. The monoisotopic (exact) mass is 276 g/mol. The van der Waals surface area contributed by atoms with Crippen molar-refractivity contribution in [1.29, 1.82) is 0 Å². The molecule has 0 saturated carbocycles. The molecule has 0 bridgehead atoms. The molecule has 1 aromatic rings. The minimum Gasteiger partial charge on any atom is -0.465 e. The molecule has 0 aliphatic heterocycles. The average Bonchev–Trinajstić information content (AvgIpc) is 2.45. The molecule has 6 heteroatoms. The Hall–Kier alpha value is -2.63. The lowest BCUT2D eigenvalue weighted by Gasteiger charge is -2.13. The molecule has 0 saturated heterocycles. The standard InChI is InChI=1S/C14H16N2O4/c1-3-5-11(12(15)17)16-13(18)9-6-4-7-10(8-9)14(19)20-2/h3-4,6-8,11H,1,5H2,2H3,(H2,15,17)(H,16,18)/t11-/m0/s1. The van der Waals surface area contributed by atoms with Gasteiger partial charge < -0.3 is 15.8 Å². The summed E-state index contributed by atoms with van der Waals surface area (Å²) in [5.74, 6) is -1.69. The third-order valence-corrected chi connectivity index (χ3v) is 2.60. The Labute approximate surface area is 116 Å². The number of nitrogens with two attached hydrogens (primary N) is 1. The summed E-state index contributed by atoms with van der Waals surface area (Å²) in [4.78, 5) is 34.5. The molecule has 0 spiro atoms. The number of ether oxygens (including phenoxy) is 1. The number of primary amides is 1. The van der Waals surface area contributed by atoms with Gasteiger partial charge in [-0.1, -0.05) is 12.1 Å². The summed E-state index contributed by atoms with van der Waals surface area (Å²) in [6.45, 7) is 3.49. The predicted octanol–water partition coefficient (Wildman–Crippen LogP) is 0.633. The van der Waals surface area contributed by atoms with Gasteiger partial charge in [0.2, 0.25) is 5.91 Å². The van der Waals surface area contributed by atoms with Gasteiger partial charge in [0.1, 0.15) is 6.04 Å². The molecule has 2 amide bonds. The van der Waals surface area contributed by atoms with Gasteiger partial charge in [-0.2, -0.15) is 0 Å². The molecule has 0 fully saturated rings. The lowest BCUT2D eigenvalue weighted by atomic mass is 10.1. The van der Waals surface area contributed by atoms with E-state index >= 15 is 0 Å². The number of hydrogen-bond acceptors (Lipinski definition) is 4. The van der Waals surface area contributed by atoms with Gasteiger partial charge in [0.05, 0.1) is 12.7 Å². The van der Waals surface area contributed by atoms with E-state index < -0.39 is 23.8 Å². The van der Waals surface area contributed by atoms with Crippen molar-refractivity contribution in [2.24, 2.45) is 5.73 Å². The van der Waals surface area contributed by atoms with Crippen molar-refractivity contribution in [3.05, 3.63) is 48.0 Å². The third-order valence-electron chi connectivity index (χ3n) is 2.60. The second-order valence-electron chi connectivity index (χ2n) is 4.03. The van der Waals surface area contributed by atoms with Crippen LogP contribution in [-0.4, -0.2) is 30.9 Å². The van der Waals surface area contributed by atoms with E-state index in [4.69, 9.17) is 5.73 Å². The van der Waals surface area contributed by atoms with Crippen molar-refractivity contribution in [2.45, 2.75) is 12.5 Å².